The lowest BCUT2D eigenvalue weighted by molar-refractivity contribution is 0.254. The fraction of sp³-hybridized carbons (Fsp3) is 0.529. The van der Waals surface area contributed by atoms with Crippen molar-refractivity contribution in [1.29, 1.82) is 0 Å². The third-order valence-electron chi connectivity index (χ3n) is 4.19. The zero-order chi connectivity index (χ0) is 15.8. The number of anilines is 1. The minimum absolute atomic E-state index is 0.243. The summed E-state index contributed by atoms with van der Waals surface area (Å²) in [5.41, 5.74) is 2.33. The van der Waals surface area contributed by atoms with Crippen molar-refractivity contribution < 1.29 is 9.47 Å². The lowest BCUT2D eigenvalue weighted by atomic mass is 10.1. The fourth-order valence-corrected chi connectivity index (χ4v) is 3.54. The molecule has 23 heavy (non-hydrogen) atoms. The van der Waals surface area contributed by atoms with E-state index >= 15 is 0 Å². The Balaban J connectivity index is 1.51. The maximum absolute atomic E-state index is 5.87. The first kappa shape index (κ1) is 14.8. The van der Waals surface area contributed by atoms with Gasteiger partial charge in [0.15, 0.2) is 0 Å². The van der Waals surface area contributed by atoms with Crippen LogP contribution in [-0.2, 0) is 13.0 Å². The highest BCUT2D eigenvalue weighted by Gasteiger charge is 2.28. The number of hydrogen-bond acceptors (Lipinski definition) is 6. The molecule has 1 fully saturated rings. The van der Waals surface area contributed by atoms with Crippen LogP contribution in [0.25, 0.3) is 0 Å². The van der Waals surface area contributed by atoms with E-state index in [2.05, 4.69) is 33.7 Å². The molecule has 1 aliphatic heterocycles. The maximum Gasteiger partial charge on any atom is 0.202 e. The quantitative estimate of drug-likeness (QED) is 0.873. The number of nitrogens with one attached hydrogen (secondary N) is 1. The summed E-state index contributed by atoms with van der Waals surface area (Å²) in [6, 6.07) is 4.22. The first-order chi connectivity index (χ1) is 11.2. The monoisotopic (exact) mass is 331 g/mol. The summed E-state index contributed by atoms with van der Waals surface area (Å²) in [6.07, 6.45) is 3.65. The fourth-order valence-electron chi connectivity index (χ4n) is 2.89. The molecular formula is C17H21N3O2S. The molecule has 0 saturated heterocycles. The summed E-state index contributed by atoms with van der Waals surface area (Å²) in [5, 5.41) is 4.25. The summed E-state index contributed by atoms with van der Waals surface area (Å²) in [7, 11) is 0. The van der Waals surface area contributed by atoms with Crippen molar-refractivity contribution in [3.8, 4) is 11.5 Å². The van der Waals surface area contributed by atoms with E-state index in [1.165, 1.54) is 29.9 Å². The largest absolute Gasteiger partial charge is 0.494 e. The van der Waals surface area contributed by atoms with Gasteiger partial charge < -0.3 is 14.8 Å². The van der Waals surface area contributed by atoms with E-state index in [9.17, 15) is 0 Å². The average molecular weight is 331 g/mol. The minimum atomic E-state index is 0.243. The Bertz CT molecular complexity index is 712. The Labute approximate surface area is 140 Å². The van der Waals surface area contributed by atoms with Crippen LogP contribution in [0.15, 0.2) is 12.1 Å². The van der Waals surface area contributed by atoms with Gasteiger partial charge in [-0.2, -0.15) is 4.37 Å². The predicted molar refractivity (Wildman–Crippen MR) is 90.6 cm³/mol. The molecule has 2 aromatic rings. The van der Waals surface area contributed by atoms with Gasteiger partial charge >= 0.3 is 0 Å². The Hall–Kier alpha value is -1.82. The van der Waals surface area contributed by atoms with Crippen molar-refractivity contribution in [2.45, 2.75) is 51.7 Å². The van der Waals surface area contributed by atoms with Gasteiger partial charge in [-0.05, 0) is 38.8 Å². The Morgan fingerprint density at radius 2 is 2.26 bits per heavy atom. The zero-order valence-corrected chi connectivity index (χ0v) is 14.3. The van der Waals surface area contributed by atoms with Crippen molar-refractivity contribution in [3.63, 3.8) is 0 Å². The average Bonchev–Trinajstić information content (AvgIpc) is 3.16. The standard InChI is InChI=1S/C17H21N3O2S/c1-3-21-14-7-12-6-10(2)22-15(12)8-13(14)9-18-17-19-16(20-23-17)11-4-5-11/h7-8,10-11H,3-6,9H2,1-2H3,(H,18,19,20). The van der Waals surface area contributed by atoms with E-state index in [0.29, 0.717) is 19.1 Å². The molecule has 0 spiro atoms. The summed E-state index contributed by atoms with van der Waals surface area (Å²) in [6.45, 7) is 5.43. The van der Waals surface area contributed by atoms with Crippen molar-refractivity contribution >= 4 is 16.7 Å². The first-order valence-electron chi connectivity index (χ1n) is 8.25. The van der Waals surface area contributed by atoms with Crippen LogP contribution in [0.3, 0.4) is 0 Å². The maximum atomic E-state index is 5.87. The molecule has 1 atom stereocenters. The molecule has 1 aliphatic carbocycles. The van der Waals surface area contributed by atoms with E-state index in [4.69, 9.17) is 9.47 Å². The number of rotatable bonds is 6. The molecule has 4 rings (SSSR count). The van der Waals surface area contributed by atoms with Crippen LogP contribution in [0.1, 0.15) is 49.6 Å². The molecule has 1 aromatic carbocycles. The smallest absolute Gasteiger partial charge is 0.202 e. The molecule has 2 heterocycles. The van der Waals surface area contributed by atoms with Crippen LogP contribution < -0.4 is 14.8 Å². The lowest BCUT2D eigenvalue weighted by Crippen LogP contribution is -2.05. The van der Waals surface area contributed by atoms with Crippen LogP contribution in [-0.4, -0.2) is 22.1 Å². The molecule has 1 unspecified atom stereocenters. The molecule has 1 saturated carbocycles. The van der Waals surface area contributed by atoms with Gasteiger partial charge in [0.2, 0.25) is 5.13 Å². The van der Waals surface area contributed by atoms with E-state index in [-0.39, 0.29) is 6.10 Å². The van der Waals surface area contributed by atoms with Crippen LogP contribution in [0, 0.1) is 0 Å². The Morgan fingerprint density at radius 3 is 3.04 bits per heavy atom. The van der Waals surface area contributed by atoms with Gasteiger partial charge in [-0.1, -0.05) is 0 Å². The molecule has 1 N–H and O–H groups in total. The minimum Gasteiger partial charge on any atom is -0.494 e. The molecule has 0 bridgehead atoms. The Kier molecular flexibility index (Phi) is 3.85. The number of hydrogen-bond donors (Lipinski definition) is 1. The Morgan fingerprint density at radius 1 is 1.39 bits per heavy atom. The molecular weight excluding hydrogens is 310 g/mol. The van der Waals surface area contributed by atoms with Crippen LogP contribution >= 0.6 is 11.5 Å². The van der Waals surface area contributed by atoms with Crippen molar-refractivity contribution in [3.05, 3.63) is 29.1 Å². The van der Waals surface area contributed by atoms with Gasteiger partial charge in [0, 0.05) is 41.5 Å². The topological polar surface area (TPSA) is 56.3 Å². The second kappa shape index (κ2) is 6.00. The number of aromatic nitrogens is 2. The first-order valence-corrected chi connectivity index (χ1v) is 9.03. The highest BCUT2D eigenvalue weighted by molar-refractivity contribution is 7.09. The number of nitrogens with zero attached hydrogens (tertiary/aromatic N) is 2. The highest BCUT2D eigenvalue weighted by Crippen LogP contribution is 2.39. The third kappa shape index (κ3) is 3.13. The van der Waals surface area contributed by atoms with Crippen molar-refractivity contribution in [2.75, 3.05) is 11.9 Å². The number of fused-ring (bicyclic) bond motifs is 1. The molecule has 5 nitrogen and oxygen atoms in total. The molecule has 6 heteroatoms. The second-order valence-corrected chi connectivity index (χ2v) is 6.97. The normalized spacial score (nSPS) is 19.3. The molecule has 1 aromatic heterocycles. The van der Waals surface area contributed by atoms with E-state index in [0.717, 1.165) is 34.4 Å². The van der Waals surface area contributed by atoms with Crippen molar-refractivity contribution in [2.24, 2.45) is 0 Å². The van der Waals surface area contributed by atoms with Crippen LogP contribution in [0.5, 0.6) is 11.5 Å². The predicted octanol–water partition coefficient (Wildman–Crippen LogP) is 3.75. The highest BCUT2D eigenvalue weighted by atomic mass is 32.1. The van der Waals surface area contributed by atoms with Gasteiger partial charge in [-0.25, -0.2) is 4.98 Å². The lowest BCUT2D eigenvalue weighted by Gasteiger charge is -2.12. The van der Waals surface area contributed by atoms with Crippen LogP contribution in [0.2, 0.25) is 0 Å². The third-order valence-corrected chi connectivity index (χ3v) is 4.88. The van der Waals surface area contributed by atoms with Crippen LogP contribution in [0.4, 0.5) is 5.13 Å². The SMILES string of the molecule is CCOc1cc2c(cc1CNc1nc(C3CC3)ns1)OC(C)C2. The van der Waals surface area contributed by atoms with E-state index < -0.39 is 0 Å². The van der Waals surface area contributed by atoms with Crippen molar-refractivity contribution in [1.82, 2.24) is 9.36 Å². The second-order valence-electron chi connectivity index (χ2n) is 6.22. The van der Waals surface area contributed by atoms with Gasteiger partial charge in [-0.15, -0.1) is 0 Å². The van der Waals surface area contributed by atoms with Gasteiger partial charge in [0.25, 0.3) is 0 Å². The summed E-state index contributed by atoms with van der Waals surface area (Å²) in [4.78, 5) is 4.57. The summed E-state index contributed by atoms with van der Waals surface area (Å²) in [5.74, 6) is 3.50. The summed E-state index contributed by atoms with van der Waals surface area (Å²) >= 11 is 1.44. The van der Waals surface area contributed by atoms with Gasteiger partial charge in [-0.3, -0.25) is 0 Å². The summed E-state index contributed by atoms with van der Waals surface area (Å²) < 4.78 is 16.1. The molecule has 0 radical (unpaired) electrons. The molecule has 0 amide bonds. The van der Waals surface area contributed by atoms with E-state index in [1.807, 2.05) is 6.92 Å². The number of benzene rings is 1. The molecule has 2 aliphatic rings. The van der Waals surface area contributed by atoms with E-state index in [1.54, 1.807) is 0 Å². The van der Waals surface area contributed by atoms with Gasteiger partial charge in [0.05, 0.1) is 6.61 Å². The zero-order valence-electron chi connectivity index (χ0n) is 13.5. The molecule has 122 valence electrons. The van der Waals surface area contributed by atoms with Gasteiger partial charge in [0.1, 0.15) is 23.4 Å². The number of ether oxygens (including phenoxy) is 2.